The fourth-order valence-electron chi connectivity index (χ4n) is 1.72. The van der Waals surface area contributed by atoms with Crippen molar-refractivity contribution < 1.29 is 9.72 Å². The van der Waals surface area contributed by atoms with Crippen molar-refractivity contribution in [3.05, 3.63) is 38.3 Å². The first-order valence-corrected chi connectivity index (χ1v) is 6.21. The second kappa shape index (κ2) is 6.31. The average molecular weight is 351 g/mol. The van der Waals surface area contributed by atoms with Gasteiger partial charge in [0.1, 0.15) is 0 Å². The van der Waals surface area contributed by atoms with Crippen molar-refractivity contribution in [3.63, 3.8) is 0 Å². The summed E-state index contributed by atoms with van der Waals surface area (Å²) >= 11 is 3.18. The number of nitro groups is 1. The first-order chi connectivity index (χ1) is 8.49. The highest BCUT2D eigenvalue weighted by Crippen LogP contribution is 2.22. The molecule has 1 heterocycles. The predicted molar refractivity (Wildman–Crippen MR) is 76.8 cm³/mol. The van der Waals surface area contributed by atoms with Gasteiger partial charge in [0.05, 0.1) is 11.0 Å². The lowest BCUT2D eigenvalue weighted by molar-refractivity contribution is -0.385. The molecule has 104 valence electrons. The van der Waals surface area contributed by atoms with Gasteiger partial charge in [0.2, 0.25) is 0 Å². The van der Waals surface area contributed by atoms with Gasteiger partial charge >= 0.3 is 0 Å². The fraction of sp³-hybridized carbons (Fsp3) is 0.364. The Morgan fingerprint density at radius 2 is 2.11 bits per heavy atom. The number of nitrogens with one attached hydrogen (secondary N) is 1. The van der Waals surface area contributed by atoms with Crippen molar-refractivity contribution in [2.75, 3.05) is 20.1 Å². The monoisotopic (exact) mass is 349 g/mol. The molecule has 0 atom stereocenters. The normalized spacial score (nSPS) is 14.2. The van der Waals surface area contributed by atoms with Crippen molar-refractivity contribution in [1.29, 1.82) is 0 Å². The molecule has 0 aromatic heterocycles. The number of benzene rings is 1. The van der Waals surface area contributed by atoms with Crippen LogP contribution in [-0.4, -0.2) is 41.9 Å². The van der Waals surface area contributed by atoms with Crippen molar-refractivity contribution >= 4 is 39.9 Å². The number of nitro benzene ring substituents is 1. The molecule has 0 radical (unpaired) electrons. The highest BCUT2D eigenvalue weighted by atomic mass is 79.9. The van der Waals surface area contributed by atoms with Crippen molar-refractivity contribution in [1.82, 2.24) is 10.2 Å². The second-order valence-corrected chi connectivity index (χ2v) is 5.10. The first kappa shape index (κ1) is 15.9. The molecule has 1 aromatic carbocycles. The minimum atomic E-state index is -0.507. The Morgan fingerprint density at radius 3 is 2.58 bits per heavy atom. The summed E-state index contributed by atoms with van der Waals surface area (Å²) in [5, 5.41) is 13.8. The largest absolute Gasteiger partial charge is 0.336 e. The molecule has 1 fully saturated rings. The van der Waals surface area contributed by atoms with Crippen molar-refractivity contribution in [2.45, 2.75) is 6.04 Å². The zero-order chi connectivity index (χ0) is 13.3. The Bertz CT molecular complexity index is 508. The SMILES string of the molecule is CN(C(=O)c1cc(Br)cc([N+](=O)[O-])c1)C1CNC1.Cl. The summed E-state index contributed by atoms with van der Waals surface area (Å²) in [6, 6.07) is 4.44. The predicted octanol–water partition coefficient (Wildman–Crippen LogP) is 1.82. The number of halogens is 2. The third-order valence-electron chi connectivity index (χ3n) is 2.97. The molecule has 0 spiro atoms. The number of rotatable bonds is 3. The van der Waals surface area contributed by atoms with E-state index in [0.29, 0.717) is 10.0 Å². The molecule has 6 nitrogen and oxygen atoms in total. The van der Waals surface area contributed by atoms with Gasteiger partial charge in [-0.2, -0.15) is 0 Å². The molecule has 0 saturated carbocycles. The van der Waals surface area contributed by atoms with E-state index in [4.69, 9.17) is 0 Å². The van der Waals surface area contributed by atoms with E-state index in [1.54, 1.807) is 18.0 Å². The third kappa shape index (κ3) is 3.43. The van der Waals surface area contributed by atoms with Gasteiger partial charge < -0.3 is 10.2 Å². The van der Waals surface area contributed by atoms with Crippen LogP contribution in [0.5, 0.6) is 0 Å². The van der Waals surface area contributed by atoms with Crippen LogP contribution in [0, 0.1) is 10.1 Å². The van der Waals surface area contributed by atoms with E-state index in [0.717, 1.165) is 13.1 Å². The number of hydrogen-bond donors (Lipinski definition) is 1. The topological polar surface area (TPSA) is 75.5 Å². The van der Waals surface area contributed by atoms with Gasteiger partial charge in [-0.25, -0.2) is 0 Å². The zero-order valence-corrected chi connectivity index (χ0v) is 12.5. The lowest BCUT2D eigenvalue weighted by atomic mass is 10.1. The van der Waals surface area contributed by atoms with Crippen LogP contribution in [0.4, 0.5) is 5.69 Å². The van der Waals surface area contributed by atoms with Crippen LogP contribution in [0.2, 0.25) is 0 Å². The first-order valence-electron chi connectivity index (χ1n) is 5.42. The quantitative estimate of drug-likeness (QED) is 0.666. The number of hydrogen-bond acceptors (Lipinski definition) is 4. The van der Waals surface area contributed by atoms with Crippen LogP contribution in [0.3, 0.4) is 0 Å². The summed E-state index contributed by atoms with van der Waals surface area (Å²) in [6.45, 7) is 1.52. The minimum absolute atomic E-state index is 0. The highest BCUT2D eigenvalue weighted by Gasteiger charge is 2.27. The van der Waals surface area contributed by atoms with Crippen molar-refractivity contribution in [2.24, 2.45) is 0 Å². The molecule has 1 aliphatic heterocycles. The molecule has 0 unspecified atom stereocenters. The summed E-state index contributed by atoms with van der Waals surface area (Å²) in [5.74, 6) is -0.203. The van der Waals surface area contributed by atoms with Crippen LogP contribution < -0.4 is 5.32 Å². The molecule has 1 amide bonds. The number of non-ortho nitro benzene ring substituents is 1. The molecule has 1 N–H and O–H groups in total. The number of amides is 1. The molecule has 1 saturated heterocycles. The maximum atomic E-state index is 12.2. The van der Waals surface area contributed by atoms with E-state index in [2.05, 4.69) is 21.2 Å². The van der Waals surface area contributed by atoms with Crippen LogP contribution in [0.25, 0.3) is 0 Å². The smallest absolute Gasteiger partial charge is 0.271 e. The molecule has 0 bridgehead atoms. The van der Waals surface area contributed by atoms with Crippen LogP contribution in [0.15, 0.2) is 22.7 Å². The zero-order valence-electron chi connectivity index (χ0n) is 10.1. The summed E-state index contributed by atoms with van der Waals surface area (Å²) in [4.78, 5) is 24.0. The fourth-order valence-corrected chi connectivity index (χ4v) is 2.20. The molecular weight excluding hydrogens is 337 g/mol. The van der Waals surface area contributed by atoms with E-state index < -0.39 is 4.92 Å². The Balaban J connectivity index is 0.00000180. The molecular formula is C11H13BrClN3O3. The molecule has 0 aliphatic carbocycles. The van der Waals surface area contributed by atoms with Gasteiger partial charge in [0.15, 0.2) is 0 Å². The summed E-state index contributed by atoms with van der Waals surface area (Å²) in [7, 11) is 1.71. The molecule has 1 aliphatic rings. The average Bonchev–Trinajstić information content (AvgIpc) is 2.24. The van der Waals surface area contributed by atoms with Gasteiger partial charge in [0.25, 0.3) is 11.6 Å². The molecule has 1 aromatic rings. The molecule has 8 heteroatoms. The minimum Gasteiger partial charge on any atom is -0.336 e. The number of likely N-dealkylation sites (N-methyl/N-ethyl adjacent to an activating group) is 1. The van der Waals surface area contributed by atoms with Gasteiger partial charge in [-0.1, -0.05) is 15.9 Å². The van der Waals surface area contributed by atoms with E-state index in [9.17, 15) is 14.9 Å². The molecule has 2 rings (SSSR count). The van der Waals surface area contributed by atoms with Gasteiger partial charge in [-0.15, -0.1) is 12.4 Å². The van der Waals surface area contributed by atoms with Crippen LogP contribution in [0.1, 0.15) is 10.4 Å². The summed E-state index contributed by atoms with van der Waals surface area (Å²) in [5.41, 5.74) is 0.235. The van der Waals surface area contributed by atoms with Crippen LogP contribution in [-0.2, 0) is 0 Å². The van der Waals surface area contributed by atoms with E-state index in [1.807, 2.05) is 0 Å². The van der Waals surface area contributed by atoms with E-state index >= 15 is 0 Å². The third-order valence-corrected chi connectivity index (χ3v) is 3.43. The van der Waals surface area contributed by atoms with Crippen LogP contribution >= 0.6 is 28.3 Å². The highest BCUT2D eigenvalue weighted by molar-refractivity contribution is 9.10. The number of nitrogens with zero attached hydrogens (tertiary/aromatic N) is 2. The maximum Gasteiger partial charge on any atom is 0.271 e. The molecule has 19 heavy (non-hydrogen) atoms. The second-order valence-electron chi connectivity index (χ2n) is 4.18. The summed E-state index contributed by atoms with van der Waals surface area (Å²) < 4.78 is 0.528. The van der Waals surface area contributed by atoms with E-state index in [-0.39, 0.29) is 30.0 Å². The maximum absolute atomic E-state index is 12.2. The van der Waals surface area contributed by atoms with Crippen molar-refractivity contribution in [3.8, 4) is 0 Å². The van der Waals surface area contributed by atoms with E-state index in [1.165, 1.54) is 12.1 Å². The Morgan fingerprint density at radius 1 is 1.47 bits per heavy atom. The van der Waals surface area contributed by atoms with Gasteiger partial charge in [-0.3, -0.25) is 14.9 Å². The summed E-state index contributed by atoms with van der Waals surface area (Å²) in [6.07, 6.45) is 0. The Hall–Kier alpha value is -1.18. The van der Waals surface area contributed by atoms with Gasteiger partial charge in [-0.05, 0) is 6.07 Å². The lowest BCUT2D eigenvalue weighted by Crippen LogP contribution is -2.57. The lowest BCUT2D eigenvalue weighted by Gasteiger charge is -2.35. The Labute approximate surface area is 124 Å². The number of carbonyl (C=O) groups is 1. The standard InChI is InChI=1S/C11H12BrN3O3.ClH/c1-14(10-5-13-6-10)11(16)7-2-8(12)4-9(3-7)15(17)18;/h2-4,10,13H,5-6H2,1H3;1H. The van der Waals surface area contributed by atoms with Gasteiger partial charge in [0, 0.05) is 42.3 Å². The number of carbonyl (C=O) groups excluding carboxylic acids is 1. The Kier molecular flexibility index (Phi) is 5.28.